The van der Waals surface area contributed by atoms with Crippen LogP contribution in [-0.4, -0.2) is 36.1 Å². The lowest BCUT2D eigenvalue weighted by molar-refractivity contribution is -0.137. The molecule has 1 aromatic carbocycles. The predicted octanol–water partition coefficient (Wildman–Crippen LogP) is 2.59. The van der Waals surface area contributed by atoms with Gasteiger partial charge in [-0.3, -0.25) is 9.59 Å². The molecule has 1 aromatic heterocycles. The highest BCUT2D eigenvalue weighted by atomic mass is 19.4. The van der Waals surface area contributed by atoms with Crippen LogP contribution in [0, 0.1) is 6.92 Å². The van der Waals surface area contributed by atoms with Gasteiger partial charge in [0.05, 0.1) is 6.54 Å². The van der Waals surface area contributed by atoms with Crippen molar-refractivity contribution in [2.45, 2.75) is 13.1 Å². The Morgan fingerprint density at radius 3 is 2.42 bits per heavy atom. The Labute approximate surface area is 147 Å². The molecule has 0 atom stereocenters. The molecule has 6 nitrogen and oxygen atoms in total. The maximum absolute atomic E-state index is 12.0. The largest absolute Gasteiger partial charge is 0.439 e. The molecule has 0 saturated carbocycles. The number of benzene rings is 1. The number of aryl methyl sites for hydroxylation is 1. The van der Waals surface area contributed by atoms with Gasteiger partial charge in [-0.05, 0) is 42.8 Å². The molecule has 26 heavy (non-hydrogen) atoms. The maximum Gasteiger partial charge on any atom is 0.405 e. The monoisotopic (exact) mass is 367 g/mol. The van der Waals surface area contributed by atoms with Gasteiger partial charge in [-0.25, -0.2) is 4.98 Å². The normalized spacial score (nSPS) is 10.9. The molecule has 0 spiro atoms. The molecule has 9 heteroatoms. The Morgan fingerprint density at radius 1 is 1.12 bits per heavy atom. The third-order valence-electron chi connectivity index (χ3n) is 3.12. The van der Waals surface area contributed by atoms with E-state index in [1.54, 1.807) is 29.7 Å². The number of carbonyl (C=O) groups is 2. The fourth-order valence-electron chi connectivity index (χ4n) is 1.88. The Hall–Kier alpha value is -3.10. The molecule has 0 unspecified atom stereocenters. The number of carbonyl (C=O) groups excluding carboxylic acids is 2. The number of amides is 2. The molecule has 2 N–H and O–H groups in total. The first kappa shape index (κ1) is 19.2. The van der Waals surface area contributed by atoms with Crippen LogP contribution in [0.25, 0.3) is 0 Å². The number of rotatable bonds is 6. The second-order valence-electron chi connectivity index (χ2n) is 5.37. The average Bonchev–Trinajstić information content (AvgIpc) is 2.58. The van der Waals surface area contributed by atoms with Gasteiger partial charge in [0.2, 0.25) is 11.8 Å². The standard InChI is InChI=1S/C17H16F3N3O3/c1-11-6-7-21-15(8-11)26-13-4-2-12(3-5-13)16(25)22-9-14(24)23-10-17(18,19)20/h2-8H,9-10H2,1H3,(H,22,25)(H,23,24). The number of ether oxygens (including phenoxy) is 1. The number of alkyl halides is 3. The summed E-state index contributed by atoms with van der Waals surface area (Å²) in [7, 11) is 0. The number of nitrogens with one attached hydrogen (secondary N) is 2. The van der Waals surface area contributed by atoms with Crippen molar-refractivity contribution in [2.75, 3.05) is 13.1 Å². The lowest BCUT2D eigenvalue weighted by atomic mass is 10.2. The number of halogens is 3. The molecular weight excluding hydrogens is 351 g/mol. The second-order valence-corrected chi connectivity index (χ2v) is 5.37. The fraction of sp³-hybridized carbons (Fsp3) is 0.235. The minimum Gasteiger partial charge on any atom is -0.439 e. The first-order valence-electron chi connectivity index (χ1n) is 7.55. The van der Waals surface area contributed by atoms with Gasteiger partial charge in [0.1, 0.15) is 12.3 Å². The molecule has 1 heterocycles. The summed E-state index contributed by atoms with van der Waals surface area (Å²) in [6.45, 7) is -0.103. The number of hydrogen-bond donors (Lipinski definition) is 2. The molecule has 0 fully saturated rings. The van der Waals surface area contributed by atoms with E-state index >= 15 is 0 Å². The Morgan fingerprint density at radius 2 is 1.81 bits per heavy atom. The first-order valence-corrected chi connectivity index (χ1v) is 7.55. The summed E-state index contributed by atoms with van der Waals surface area (Å²) in [5.41, 5.74) is 1.22. The third-order valence-corrected chi connectivity index (χ3v) is 3.12. The van der Waals surface area contributed by atoms with E-state index in [-0.39, 0.29) is 5.56 Å². The van der Waals surface area contributed by atoms with Crippen LogP contribution in [0.15, 0.2) is 42.6 Å². The second kappa shape index (κ2) is 8.32. The van der Waals surface area contributed by atoms with E-state index in [0.717, 1.165) is 5.56 Å². The van der Waals surface area contributed by atoms with Crippen LogP contribution < -0.4 is 15.4 Å². The quantitative estimate of drug-likeness (QED) is 0.823. The molecule has 138 valence electrons. The minimum atomic E-state index is -4.50. The van der Waals surface area contributed by atoms with Crippen molar-refractivity contribution in [2.24, 2.45) is 0 Å². The van der Waals surface area contributed by atoms with Gasteiger partial charge in [0, 0.05) is 17.8 Å². The first-order chi connectivity index (χ1) is 12.2. The van der Waals surface area contributed by atoms with Gasteiger partial charge in [0.15, 0.2) is 0 Å². The summed E-state index contributed by atoms with van der Waals surface area (Å²) in [6, 6.07) is 9.60. The SMILES string of the molecule is Cc1ccnc(Oc2ccc(C(=O)NCC(=O)NCC(F)(F)F)cc2)c1. The summed E-state index contributed by atoms with van der Waals surface area (Å²) < 4.78 is 41.5. The van der Waals surface area contributed by atoms with Crippen LogP contribution >= 0.6 is 0 Å². The van der Waals surface area contributed by atoms with Gasteiger partial charge in [-0.2, -0.15) is 13.2 Å². The van der Waals surface area contributed by atoms with Gasteiger partial charge >= 0.3 is 6.18 Å². The van der Waals surface area contributed by atoms with Crippen LogP contribution in [0.2, 0.25) is 0 Å². The van der Waals surface area contributed by atoms with Gasteiger partial charge < -0.3 is 15.4 Å². The molecular formula is C17H16F3N3O3. The predicted molar refractivity (Wildman–Crippen MR) is 86.9 cm³/mol. The Bertz CT molecular complexity index is 777. The molecule has 2 amide bonds. The lowest BCUT2D eigenvalue weighted by Gasteiger charge is -2.09. The van der Waals surface area contributed by atoms with Crippen LogP contribution in [-0.2, 0) is 4.79 Å². The number of aromatic nitrogens is 1. The molecule has 0 aliphatic rings. The molecule has 0 saturated heterocycles. The average molecular weight is 367 g/mol. The summed E-state index contributed by atoms with van der Waals surface area (Å²) in [5.74, 6) is -0.653. The zero-order valence-electron chi connectivity index (χ0n) is 13.8. The summed E-state index contributed by atoms with van der Waals surface area (Å²) in [5, 5.41) is 3.90. The molecule has 0 bridgehead atoms. The summed E-state index contributed by atoms with van der Waals surface area (Å²) in [4.78, 5) is 27.2. The van der Waals surface area contributed by atoms with E-state index < -0.39 is 31.1 Å². The van der Waals surface area contributed by atoms with Crippen LogP contribution in [0.4, 0.5) is 13.2 Å². The zero-order chi connectivity index (χ0) is 19.2. The van der Waals surface area contributed by atoms with E-state index in [2.05, 4.69) is 10.3 Å². The van der Waals surface area contributed by atoms with Crippen molar-refractivity contribution >= 4 is 11.8 Å². The minimum absolute atomic E-state index is 0.234. The Balaban J connectivity index is 1.85. The smallest absolute Gasteiger partial charge is 0.405 e. The number of pyridine rings is 1. The molecule has 0 aliphatic carbocycles. The lowest BCUT2D eigenvalue weighted by Crippen LogP contribution is -2.40. The third kappa shape index (κ3) is 6.42. The van der Waals surface area contributed by atoms with Crippen LogP contribution in [0.1, 0.15) is 15.9 Å². The van der Waals surface area contributed by atoms with E-state index in [0.29, 0.717) is 11.6 Å². The van der Waals surface area contributed by atoms with Gasteiger partial charge in [-0.1, -0.05) is 0 Å². The Kier molecular flexibility index (Phi) is 6.16. The van der Waals surface area contributed by atoms with Crippen molar-refractivity contribution in [3.8, 4) is 11.6 Å². The zero-order valence-corrected chi connectivity index (χ0v) is 13.8. The van der Waals surface area contributed by atoms with Crippen molar-refractivity contribution in [1.29, 1.82) is 0 Å². The van der Waals surface area contributed by atoms with Crippen LogP contribution in [0.5, 0.6) is 11.6 Å². The molecule has 2 aromatic rings. The molecule has 0 aliphatic heterocycles. The van der Waals surface area contributed by atoms with Crippen molar-refractivity contribution in [3.05, 3.63) is 53.7 Å². The highest BCUT2D eigenvalue weighted by Gasteiger charge is 2.27. The number of hydrogen-bond acceptors (Lipinski definition) is 4. The molecule has 0 radical (unpaired) electrons. The van der Waals surface area contributed by atoms with Gasteiger partial charge in [-0.15, -0.1) is 0 Å². The van der Waals surface area contributed by atoms with Crippen molar-refractivity contribution < 1.29 is 27.5 Å². The van der Waals surface area contributed by atoms with Gasteiger partial charge in [0.25, 0.3) is 5.91 Å². The topological polar surface area (TPSA) is 80.3 Å². The maximum atomic E-state index is 12.0. The van der Waals surface area contributed by atoms with E-state index in [4.69, 9.17) is 4.74 Å². The fourth-order valence-corrected chi connectivity index (χ4v) is 1.88. The van der Waals surface area contributed by atoms with E-state index in [1.165, 1.54) is 12.1 Å². The van der Waals surface area contributed by atoms with E-state index in [9.17, 15) is 22.8 Å². The number of nitrogens with zero attached hydrogens (tertiary/aromatic N) is 1. The van der Waals surface area contributed by atoms with E-state index in [1.807, 2.05) is 13.0 Å². The van der Waals surface area contributed by atoms with Crippen LogP contribution in [0.3, 0.4) is 0 Å². The summed E-state index contributed by atoms with van der Waals surface area (Å²) >= 11 is 0. The van der Waals surface area contributed by atoms with Crippen molar-refractivity contribution in [3.63, 3.8) is 0 Å². The highest BCUT2D eigenvalue weighted by Crippen LogP contribution is 2.20. The highest BCUT2D eigenvalue weighted by molar-refractivity contribution is 5.96. The summed E-state index contributed by atoms with van der Waals surface area (Å²) in [6.07, 6.45) is -2.89. The molecule has 2 rings (SSSR count). The van der Waals surface area contributed by atoms with Crippen molar-refractivity contribution in [1.82, 2.24) is 15.6 Å².